The molecule has 1 rings (SSSR count). The molecule has 0 bridgehead atoms. The Morgan fingerprint density at radius 1 is 1.19 bits per heavy atom. The molecule has 0 aliphatic heterocycles. The van der Waals surface area contributed by atoms with E-state index in [4.69, 9.17) is 15.9 Å². The minimum atomic E-state index is -4.43. The van der Waals surface area contributed by atoms with Gasteiger partial charge in [0.25, 0.3) is 0 Å². The Labute approximate surface area is 204 Å². The third-order valence-corrected chi connectivity index (χ3v) is 3.95. The fourth-order valence-electron chi connectivity index (χ4n) is 2.03. The van der Waals surface area contributed by atoms with E-state index < -0.39 is 40.6 Å². The van der Waals surface area contributed by atoms with Crippen LogP contribution in [0.3, 0.4) is 0 Å². The van der Waals surface area contributed by atoms with Gasteiger partial charge < -0.3 is 26.6 Å². The average Bonchev–Trinajstić information content (AvgIpc) is 2.74. The van der Waals surface area contributed by atoms with E-state index in [0.717, 1.165) is 6.26 Å². The Morgan fingerprint density at radius 3 is 2.31 bits per heavy atom. The van der Waals surface area contributed by atoms with Crippen molar-refractivity contribution in [3.63, 3.8) is 0 Å². The van der Waals surface area contributed by atoms with Gasteiger partial charge in [0.2, 0.25) is 16.0 Å². The van der Waals surface area contributed by atoms with Gasteiger partial charge in [-0.15, -0.1) is 0 Å². The largest absolute Gasteiger partial charge is 0.478 e. The van der Waals surface area contributed by atoms with Crippen LogP contribution in [-0.4, -0.2) is 85.0 Å². The van der Waals surface area contributed by atoms with Crippen LogP contribution in [0.4, 0.5) is 19.0 Å². The van der Waals surface area contributed by atoms with Crippen LogP contribution in [0.1, 0.15) is 18.7 Å². The number of alkyl halides is 3. The lowest BCUT2D eigenvalue weighted by molar-refractivity contribution is -0.134. The van der Waals surface area contributed by atoms with Crippen LogP contribution in [0.25, 0.3) is 0 Å². The number of unbranched alkanes of at least 4 members (excludes halogenated alkanes) is 1. The summed E-state index contributed by atoms with van der Waals surface area (Å²) in [4.78, 5) is 34.3. The van der Waals surface area contributed by atoms with Crippen LogP contribution < -0.4 is 21.1 Å². The van der Waals surface area contributed by atoms with E-state index in [1.807, 2.05) is 0 Å². The van der Waals surface area contributed by atoms with Crippen molar-refractivity contribution in [3.05, 3.63) is 30.2 Å². The molecule has 0 aliphatic carbocycles. The first-order chi connectivity index (χ1) is 16.6. The zero-order valence-corrected chi connectivity index (χ0v) is 20.1. The summed E-state index contributed by atoms with van der Waals surface area (Å²) in [6, 6.07) is 1.46. The minimum Gasteiger partial charge on any atom is -0.478 e. The summed E-state index contributed by atoms with van der Waals surface area (Å²) in [5, 5.41) is 21.0. The highest BCUT2D eigenvalue weighted by atomic mass is 32.2. The predicted molar refractivity (Wildman–Crippen MR) is 125 cm³/mol. The first kappa shape index (κ1) is 32.0. The molecule has 0 aliphatic rings. The Morgan fingerprint density at radius 2 is 1.81 bits per heavy atom. The number of carboxylic acid groups (broad SMARTS) is 2. The van der Waals surface area contributed by atoms with Crippen molar-refractivity contribution in [1.29, 1.82) is 0 Å². The molecule has 18 heteroatoms. The lowest BCUT2D eigenvalue weighted by Crippen LogP contribution is -2.40. The van der Waals surface area contributed by atoms with Crippen LogP contribution in [0.2, 0.25) is 0 Å². The second-order valence-corrected chi connectivity index (χ2v) is 8.39. The number of nitrogens with one attached hydrogen (secondary N) is 3. The maximum atomic E-state index is 12.1. The van der Waals surface area contributed by atoms with Crippen molar-refractivity contribution in [2.45, 2.75) is 25.4 Å². The lowest BCUT2D eigenvalue weighted by atomic mass is 10.2. The highest BCUT2D eigenvalue weighted by Gasteiger charge is 2.26. The highest BCUT2D eigenvalue weighted by molar-refractivity contribution is 7.89. The molecule has 0 radical (unpaired) electrons. The van der Waals surface area contributed by atoms with Crippen LogP contribution in [-0.2, 0) is 26.0 Å². The van der Waals surface area contributed by atoms with E-state index in [1.54, 1.807) is 0 Å². The molecule has 0 amide bonds. The van der Waals surface area contributed by atoms with Gasteiger partial charge in [-0.3, -0.25) is 9.71 Å². The van der Waals surface area contributed by atoms with Gasteiger partial charge in [-0.05, 0) is 18.9 Å². The maximum Gasteiger partial charge on any atom is 0.408 e. The Hall–Kier alpha value is -3.96. The van der Waals surface area contributed by atoms with Crippen molar-refractivity contribution >= 4 is 39.7 Å². The third kappa shape index (κ3) is 19.5. The number of hydrogen-bond donors (Lipinski definition) is 6. The fourth-order valence-corrected chi connectivity index (χ4v) is 2.54. The molecule has 0 fully saturated rings. The summed E-state index contributed by atoms with van der Waals surface area (Å²) in [7, 11) is -1.95. The van der Waals surface area contributed by atoms with E-state index in [-0.39, 0.29) is 11.8 Å². The zero-order valence-electron chi connectivity index (χ0n) is 19.3. The van der Waals surface area contributed by atoms with Crippen molar-refractivity contribution < 1.29 is 41.4 Å². The second-order valence-electron chi connectivity index (χ2n) is 6.64. The number of aliphatic imine (C=N–C) groups is 2. The number of aromatic nitrogens is 2. The van der Waals surface area contributed by atoms with E-state index in [2.05, 4.69) is 35.3 Å². The first-order valence-corrected chi connectivity index (χ1v) is 11.8. The van der Waals surface area contributed by atoms with Crippen LogP contribution >= 0.6 is 0 Å². The molecule has 202 valence electrons. The van der Waals surface area contributed by atoms with E-state index in [1.165, 1.54) is 19.3 Å². The Kier molecular flexibility index (Phi) is 14.1. The molecule has 1 aromatic rings. The number of rotatable bonds is 10. The SMILES string of the molecule is CN=C(NCCCCc1nccc(NC(N)=NCC(F)(F)F)n1)NS(C)(=O)=O.O=C(O)C=CC(=O)O. The van der Waals surface area contributed by atoms with E-state index in [9.17, 15) is 31.2 Å². The van der Waals surface area contributed by atoms with E-state index in [0.29, 0.717) is 43.8 Å². The van der Waals surface area contributed by atoms with Gasteiger partial charge in [0.1, 0.15) is 18.2 Å². The monoisotopic (exact) mass is 540 g/mol. The molecular weight excluding hydrogens is 513 g/mol. The van der Waals surface area contributed by atoms with Crippen molar-refractivity contribution in [2.24, 2.45) is 15.7 Å². The van der Waals surface area contributed by atoms with Gasteiger partial charge in [0, 0.05) is 38.4 Å². The predicted octanol–water partition coefficient (Wildman–Crippen LogP) is -0.0754. The lowest BCUT2D eigenvalue weighted by Gasteiger charge is -2.10. The Bertz CT molecular complexity index is 1050. The minimum absolute atomic E-state index is 0.151. The topological polar surface area (TPSA) is 221 Å². The second kappa shape index (κ2) is 15.8. The molecule has 1 heterocycles. The summed E-state index contributed by atoms with van der Waals surface area (Å²) in [5.41, 5.74) is 5.40. The molecule has 0 unspecified atom stereocenters. The van der Waals surface area contributed by atoms with Crippen molar-refractivity contribution in [1.82, 2.24) is 20.0 Å². The van der Waals surface area contributed by atoms with Gasteiger partial charge in [-0.1, -0.05) is 0 Å². The number of carbonyl (C=O) groups is 2. The quantitative estimate of drug-likeness (QED) is 0.0997. The zero-order chi connectivity index (χ0) is 27.8. The summed E-state index contributed by atoms with van der Waals surface area (Å²) in [6.45, 7) is -0.905. The van der Waals surface area contributed by atoms with E-state index >= 15 is 0 Å². The number of nitrogens with zero attached hydrogens (tertiary/aromatic N) is 4. The molecule has 0 saturated carbocycles. The number of carboxylic acids is 2. The standard InChI is InChI=1S/C14H23F3N8O2S.C4H4O4/c1-19-13(25-28(2,26)27)21-7-4-3-5-10-20-8-6-11(23-10)24-12(18)22-9-14(15,16)17;5-3(6)1-2-4(7)8/h6,8H,3-5,7,9H2,1-2H3,(H2,19,21,25)(H3,18,20,22,23,24);1-2H,(H,5,6)(H,7,8). The number of halogens is 3. The number of sulfonamides is 1. The molecule has 0 atom stereocenters. The van der Waals surface area contributed by atoms with Gasteiger partial charge >= 0.3 is 18.1 Å². The van der Waals surface area contributed by atoms with Gasteiger partial charge in [-0.2, -0.15) is 13.2 Å². The normalized spacial score (nSPS) is 12.5. The maximum absolute atomic E-state index is 12.1. The van der Waals surface area contributed by atoms with Crippen LogP contribution in [0.15, 0.2) is 34.4 Å². The van der Waals surface area contributed by atoms with Gasteiger partial charge in [0.15, 0.2) is 5.96 Å². The van der Waals surface area contributed by atoms with Crippen LogP contribution in [0, 0.1) is 0 Å². The first-order valence-electron chi connectivity index (χ1n) is 9.89. The Balaban J connectivity index is 0.00000131. The molecule has 14 nitrogen and oxygen atoms in total. The molecule has 36 heavy (non-hydrogen) atoms. The number of aryl methyl sites for hydroxylation is 1. The van der Waals surface area contributed by atoms with Crippen molar-refractivity contribution in [2.75, 3.05) is 31.7 Å². The summed E-state index contributed by atoms with van der Waals surface area (Å²) in [6.07, 6.45) is 1.04. The van der Waals surface area contributed by atoms with Crippen LogP contribution in [0.5, 0.6) is 0 Å². The number of guanidine groups is 2. The molecule has 0 spiro atoms. The smallest absolute Gasteiger partial charge is 0.408 e. The number of hydrogen-bond acceptors (Lipinski definition) is 8. The summed E-state index contributed by atoms with van der Waals surface area (Å²) < 4.78 is 60.9. The summed E-state index contributed by atoms with van der Waals surface area (Å²) >= 11 is 0. The number of aliphatic carboxylic acids is 2. The molecular formula is C18H27F3N8O6S. The molecule has 1 aromatic heterocycles. The summed E-state index contributed by atoms with van der Waals surface area (Å²) in [5.74, 6) is -2.04. The van der Waals surface area contributed by atoms with Gasteiger partial charge in [-0.25, -0.2) is 33.0 Å². The number of nitrogens with two attached hydrogens (primary N) is 1. The molecule has 0 saturated heterocycles. The number of anilines is 1. The highest BCUT2D eigenvalue weighted by Crippen LogP contribution is 2.14. The van der Waals surface area contributed by atoms with Crippen molar-refractivity contribution in [3.8, 4) is 0 Å². The molecule has 0 aromatic carbocycles. The average molecular weight is 541 g/mol. The third-order valence-electron chi connectivity index (χ3n) is 3.38. The molecule has 7 N–H and O–H groups in total. The van der Waals surface area contributed by atoms with Gasteiger partial charge in [0.05, 0.1) is 6.26 Å². The fraction of sp³-hybridized carbons (Fsp3) is 0.444.